The molecular formula is C17H26N2O2. The van der Waals surface area contributed by atoms with Crippen LogP contribution in [0.15, 0.2) is 18.3 Å². The van der Waals surface area contributed by atoms with Crippen LogP contribution in [-0.4, -0.2) is 30.8 Å². The number of hydrogen-bond acceptors (Lipinski definition) is 4. The lowest BCUT2D eigenvalue weighted by molar-refractivity contribution is -0.130. The molecule has 2 saturated carbocycles. The minimum atomic E-state index is 0.396. The number of pyridine rings is 1. The van der Waals surface area contributed by atoms with Crippen molar-refractivity contribution in [1.29, 1.82) is 0 Å². The smallest absolute Gasteiger partial charge is 0.213 e. The first-order valence-corrected chi connectivity index (χ1v) is 8.12. The summed E-state index contributed by atoms with van der Waals surface area (Å²) >= 11 is 0. The summed E-state index contributed by atoms with van der Waals surface area (Å²) in [6, 6.07) is 4.65. The molecule has 0 radical (unpaired) electrons. The van der Waals surface area contributed by atoms with Crippen LogP contribution in [0.2, 0.25) is 0 Å². The van der Waals surface area contributed by atoms with Crippen LogP contribution in [0.1, 0.15) is 44.6 Å². The van der Waals surface area contributed by atoms with Gasteiger partial charge in [0.15, 0.2) is 0 Å². The van der Waals surface area contributed by atoms with E-state index in [-0.39, 0.29) is 0 Å². The van der Waals surface area contributed by atoms with Gasteiger partial charge in [0.05, 0.1) is 13.2 Å². The van der Waals surface area contributed by atoms with Crippen molar-refractivity contribution < 1.29 is 9.47 Å². The molecule has 1 aromatic heterocycles. The van der Waals surface area contributed by atoms with Crippen LogP contribution in [0.5, 0.6) is 5.88 Å². The summed E-state index contributed by atoms with van der Waals surface area (Å²) in [5.74, 6) is 0.686. The maximum atomic E-state index is 5.96. The lowest BCUT2D eigenvalue weighted by Gasteiger charge is -2.54. The molecule has 2 aliphatic carbocycles. The fourth-order valence-corrected chi connectivity index (χ4v) is 4.09. The maximum absolute atomic E-state index is 5.96. The first-order chi connectivity index (χ1) is 10.3. The zero-order valence-corrected chi connectivity index (χ0v) is 13.1. The molecule has 2 aliphatic rings. The van der Waals surface area contributed by atoms with Gasteiger partial charge in [0, 0.05) is 36.9 Å². The van der Waals surface area contributed by atoms with Gasteiger partial charge in [-0.15, -0.1) is 0 Å². The highest BCUT2D eigenvalue weighted by atomic mass is 16.5. The molecule has 3 rings (SSSR count). The monoisotopic (exact) mass is 290 g/mol. The molecule has 0 bridgehead atoms. The number of methoxy groups -OCH3 is 1. The highest BCUT2D eigenvalue weighted by molar-refractivity contribution is 5.21. The Balaban J connectivity index is 1.60. The molecule has 0 saturated heterocycles. The molecule has 2 fully saturated rings. The second-order valence-electron chi connectivity index (χ2n) is 6.26. The molecule has 1 N–H and O–H groups in total. The quantitative estimate of drug-likeness (QED) is 0.875. The molecule has 116 valence electrons. The Morgan fingerprint density at radius 2 is 2.19 bits per heavy atom. The van der Waals surface area contributed by atoms with Crippen molar-refractivity contribution in [1.82, 2.24) is 10.3 Å². The van der Waals surface area contributed by atoms with Crippen LogP contribution in [0, 0.1) is 5.41 Å². The number of hydrogen-bond donors (Lipinski definition) is 1. The van der Waals surface area contributed by atoms with E-state index in [0.717, 1.165) is 19.6 Å². The summed E-state index contributed by atoms with van der Waals surface area (Å²) in [4.78, 5) is 4.16. The van der Waals surface area contributed by atoms with Gasteiger partial charge in [-0.2, -0.15) is 0 Å². The summed E-state index contributed by atoms with van der Waals surface area (Å²) in [6.45, 7) is 3.82. The van der Waals surface area contributed by atoms with Gasteiger partial charge < -0.3 is 14.8 Å². The number of nitrogens with one attached hydrogen (secondary N) is 1. The van der Waals surface area contributed by atoms with Crippen molar-refractivity contribution in [2.45, 2.75) is 57.7 Å². The van der Waals surface area contributed by atoms with E-state index in [9.17, 15) is 0 Å². The van der Waals surface area contributed by atoms with E-state index < -0.39 is 0 Å². The van der Waals surface area contributed by atoms with Gasteiger partial charge >= 0.3 is 0 Å². The van der Waals surface area contributed by atoms with Crippen molar-refractivity contribution >= 4 is 0 Å². The van der Waals surface area contributed by atoms with Gasteiger partial charge in [-0.1, -0.05) is 12.8 Å². The molecular weight excluding hydrogens is 264 g/mol. The SMILES string of the molecule is CCOC1CC(NCc2ccnc(OC)c2)C12CCCC2. The topological polar surface area (TPSA) is 43.4 Å². The van der Waals surface area contributed by atoms with Crippen molar-refractivity contribution in [2.24, 2.45) is 5.41 Å². The molecule has 0 amide bonds. The van der Waals surface area contributed by atoms with E-state index in [1.165, 1.54) is 31.2 Å². The van der Waals surface area contributed by atoms with Crippen LogP contribution in [0.3, 0.4) is 0 Å². The van der Waals surface area contributed by atoms with Gasteiger partial charge in [0.2, 0.25) is 5.88 Å². The van der Waals surface area contributed by atoms with Crippen LogP contribution in [0.25, 0.3) is 0 Å². The van der Waals surface area contributed by atoms with E-state index in [1.807, 2.05) is 12.3 Å². The Morgan fingerprint density at radius 3 is 2.90 bits per heavy atom. The zero-order chi connectivity index (χ0) is 14.7. The third-order valence-corrected chi connectivity index (χ3v) is 5.25. The fraction of sp³-hybridized carbons (Fsp3) is 0.706. The Hall–Kier alpha value is -1.13. The summed E-state index contributed by atoms with van der Waals surface area (Å²) in [6.07, 6.45) is 8.76. The summed E-state index contributed by atoms with van der Waals surface area (Å²) in [5.41, 5.74) is 1.63. The van der Waals surface area contributed by atoms with Gasteiger partial charge in [0.25, 0.3) is 0 Å². The van der Waals surface area contributed by atoms with Gasteiger partial charge in [-0.3, -0.25) is 0 Å². The molecule has 4 nitrogen and oxygen atoms in total. The molecule has 1 heterocycles. The van der Waals surface area contributed by atoms with E-state index >= 15 is 0 Å². The minimum absolute atomic E-state index is 0.396. The zero-order valence-electron chi connectivity index (χ0n) is 13.1. The van der Waals surface area contributed by atoms with Crippen molar-refractivity contribution in [3.63, 3.8) is 0 Å². The second kappa shape index (κ2) is 6.32. The van der Waals surface area contributed by atoms with Crippen LogP contribution < -0.4 is 10.1 Å². The molecule has 1 aromatic rings. The summed E-state index contributed by atoms with van der Waals surface area (Å²) < 4.78 is 11.1. The first-order valence-electron chi connectivity index (χ1n) is 8.12. The normalized spacial score (nSPS) is 26.8. The standard InChI is InChI=1S/C17H26N2O2/c1-3-21-15-11-14(17(15)7-4-5-8-17)19-12-13-6-9-18-16(10-13)20-2/h6,9-10,14-15,19H,3-5,7-8,11-12H2,1-2H3. The van der Waals surface area contributed by atoms with Gasteiger partial charge in [0.1, 0.15) is 0 Å². The number of ether oxygens (including phenoxy) is 2. The Labute approximate surface area is 127 Å². The largest absolute Gasteiger partial charge is 0.481 e. The first kappa shape index (κ1) is 14.8. The van der Waals surface area contributed by atoms with Gasteiger partial charge in [-0.25, -0.2) is 4.98 Å². The molecule has 2 unspecified atom stereocenters. The molecule has 0 aliphatic heterocycles. The van der Waals surface area contributed by atoms with Crippen molar-refractivity contribution in [2.75, 3.05) is 13.7 Å². The average Bonchev–Trinajstić information content (AvgIpc) is 3.03. The van der Waals surface area contributed by atoms with Crippen LogP contribution >= 0.6 is 0 Å². The Kier molecular flexibility index (Phi) is 4.45. The van der Waals surface area contributed by atoms with Crippen LogP contribution in [0.4, 0.5) is 0 Å². The minimum Gasteiger partial charge on any atom is -0.481 e. The highest BCUT2D eigenvalue weighted by Gasteiger charge is 2.56. The third kappa shape index (κ3) is 2.79. The fourth-order valence-electron chi connectivity index (χ4n) is 4.09. The van der Waals surface area contributed by atoms with Crippen molar-refractivity contribution in [3.05, 3.63) is 23.9 Å². The second-order valence-corrected chi connectivity index (χ2v) is 6.26. The third-order valence-electron chi connectivity index (χ3n) is 5.25. The van der Waals surface area contributed by atoms with E-state index in [1.54, 1.807) is 7.11 Å². The molecule has 21 heavy (non-hydrogen) atoms. The van der Waals surface area contributed by atoms with Gasteiger partial charge in [-0.05, 0) is 37.8 Å². The average molecular weight is 290 g/mol. The molecule has 0 aromatic carbocycles. The van der Waals surface area contributed by atoms with E-state index in [2.05, 4.69) is 23.3 Å². The highest BCUT2D eigenvalue weighted by Crippen LogP contribution is 2.54. The van der Waals surface area contributed by atoms with E-state index in [4.69, 9.17) is 9.47 Å². The lowest BCUT2D eigenvalue weighted by atomic mass is 9.60. The van der Waals surface area contributed by atoms with E-state index in [0.29, 0.717) is 23.4 Å². The summed E-state index contributed by atoms with van der Waals surface area (Å²) in [5, 5.41) is 3.74. The number of nitrogens with zero attached hydrogens (tertiary/aromatic N) is 1. The Bertz CT molecular complexity index is 472. The van der Waals surface area contributed by atoms with Crippen molar-refractivity contribution in [3.8, 4) is 5.88 Å². The molecule has 1 spiro atoms. The van der Waals surface area contributed by atoms with Crippen LogP contribution in [-0.2, 0) is 11.3 Å². The maximum Gasteiger partial charge on any atom is 0.213 e. The summed E-state index contributed by atoms with van der Waals surface area (Å²) in [7, 11) is 1.66. The number of rotatable bonds is 6. The molecule has 2 atom stereocenters. The Morgan fingerprint density at radius 1 is 1.38 bits per heavy atom. The predicted molar refractivity (Wildman–Crippen MR) is 82.3 cm³/mol. The lowest BCUT2D eigenvalue weighted by Crippen LogP contribution is -2.62. The molecule has 4 heteroatoms. The number of aromatic nitrogens is 1. The predicted octanol–water partition coefficient (Wildman–Crippen LogP) is 2.92.